The van der Waals surface area contributed by atoms with Crippen LogP contribution in [0.1, 0.15) is 13.3 Å². The normalized spacial score (nSPS) is 15.7. The van der Waals surface area contributed by atoms with E-state index in [4.69, 9.17) is 16.6 Å². The number of rotatable bonds is 10. The number of benzene rings is 1. The van der Waals surface area contributed by atoms with Crippen LogP contribution in [0.25, 0.3) is 21.8 Å². The molecular weight excluding hydrogens is 591 g/mol. The number of sulfonamides is 1. The fourth-order valence-electron chi connectivity index (χ4n) is 3.87. The van der Waals surface area contributed by atoms with E-state index >= 15 is 0 Å². The quantitative estimate of drug-likeness (QED) is 0.307. The summed E-state index contributed by atoms with van der Waals surface area (Å²) in [7, 11) is -2.28. The molecule has 1 saturated heterocycles. The van der Waals surface area contributed by atoms with Crippen molar-refractivity contribution in [2.75, 3.05) is 60.5 Å². The highest BCUT2D eigenvalue weighted by Crippen LogP contribution is 2.44. The van der Waals surface area contributed by atoms with Crippen LogP contribution in [0.3, 0.4) is 0 Å². The monoisotopic (exact) mass is 619 g/mol. The third-order valence-electron chi connectivity index (χ3n) is 6.01. The molecule has 16 heteroatoms. The number of piperazine rings is 1. The van der Waals surface area contributed by atoms with Crippen molar-refractivity contribution >= 4 is 49.7 Å². The van der Waals surface area contributed by atoms with Gasteiger partial charge in [0.1, 0.15) is 0 Å². The average Bonchev–Trinajstić information content (AvgIpc) is 3.33. The Morgan fingerprint density at radius 3 is 2.58 bits per heavy atom. The van der Waals surface area contributed by atoms with Gasteiger partial charge in [0.2, 0.25) is 16.0 Å². The molecule has 0 bridgehead atoms. The molecule has 3 aromatic rings. The van der Waals surface area contributed by atoms with Gasteiger partial charge in [0.15, 0.2) is 5.13 Å². The lowest BCUT2D eigenvalue weighted by molar-refractivity contribution is -0.129. The molecule has 0 spiro atoms. The van der Waals surface area contributed by atoms with Crippen molar-refractivity contribution in [3.8, 4) is 21.8 Å². The summed E-state index contributed by atoms with van der Waals surface area (Å²) in [5.41, 5.74) is 1.31. The minimum atomic E-state index is -4.62. The Bertz CT molecular complexity index is 1430. The number of aliphatic hydroxyl groups is 1. The lowest BCUT2D eigenvalue weighted by Gasteiger charge is -2.32. The third-order valence-corrected chi connectivity index (χ3v) is 8.83. The topological polar surface area (TPSA) is 124 Å². The number of hydrogen-bond acceptors (Lipinski definition) is 10. The third kappa shape index (κ3) is 7.94. The second kappa shape index (κ2) is 12.4. The summed E-state index contributed by atoms with van der Waals surface area (Å²) >= 11 is 8.04. The lowest BCUT2D eigenvalue weighted by atomic mass is 10.1. The molecule has 3 N–H and O–H groups in total. The highest BCUT2D eigenvalue weighted by atomic mass is 35.5. The maximum atomic E-state index is 12.6. The maximum Gasteiger partial charge on any atom is 0.390 e. The SMILES string of the molecule is C[C@H](O)CNc1nccc(-c2sc(N3CCN(C)CC3)nc2-c2cccc(NS(=O)(=O)CCC(F)(F)F)c2Cl)n1. The van der Waals surface area contributed by atoms with Crippen molar-refractivity contribution in [3.63, 3.8) is 0 Å². The Morgan fingerprint density at radius 2 is 1.90 bits per heavy atom. The van der Waals surface area contributed by atoms with Crippen LogP contribution < -0.4 is 14.9 Å². The summed E-state index contributed by atoms with van der Waals surface area (Å²) in [6.45, 7) is 5.07. The minimum Gasteiger partial charge on any atom is -0.392 e. The van der Waals surface area contributed by atoms with Gasteiger partial charge >= 0.3 is 6.18 Å². The number of aliphatic hydroxyl groups excluding tert-OH is 1. The molecule has 4 rings (SSSR count). The van der Waals surface area contributed by atoms with Gasteiger partial charge in [-0.05, 0) is 26.1 Å². The number of aromatic nitrogens is 3. The first kappa shape index (κ1) is 30.2. The number of halogens is 4. The standard InChI is InChI=1S/C24H29ClF3N7O3S2/c1-15(36)14-30-22-29-8-6-18(31-22)21-20(32-23(39-21)35-11-9-34(2)10-12-35)16-4-3-5-17(19(16)25)33-40(37,38)13-7-24(26,27)28/h3-6,8,15,33,36H,7,9-14H2,1-2H3,(H,29,30,31)/t15-/m0/s1. The van der Waals surface area contributed by atoms with E-state index in [1.807, 2.05) is 7.05 Å². The Balaban J connectivity index is 1.73. The van der Waals surface area contributed by atoms with E-state index < -0.39 is 34.5 Å². The van der Waals surface area contributed by atoms with E-state index in [9.17, 15) is 26.7 Å². The van der Waals surface area contributed by atoms with Crippen LogP contribution in [-0.4, -0.2) is 91.2 Å². The number of hydrogen-bond donors (Lipinski definition) is 3. The Labute approximate surface area is 239 Å². The molecule has 1 aliphatic rings. The van der Waals surface area contributed by atoms with Crippen LogP contribution in [0.5, 0.6) is 0 Å². The molecular formula is C24H29ClF3N7O3S2. The van der Waals surface area contributed by atoms with E-state index in [1.165, 1.54) is 17.4 Å². The Morgan fingerprint density at radius 1 is 1.18 bits per heavy atom. The predicted octanol–water partition coefficient (Wildman–Crippen LogP) is 4.16. The smallest absolute Gasteiger partial charge is 0.390 e. The molecule has 0 radical (unpaired) electrons. The van der Waals surface area contributed by atoms with Gasteiger partial charge in [-0.2, -0.15) is 13.2 Å². The summed E-state index contributed by atoms with van der Waals surface area (Å²) in [4.78, 5) is 18.7. The zero-order chi connectivity index (χ0) is 29.1. The molecule has 1 aromatic carbocycles. The van der Waals surface area contributed by atoms with Crippen LogP contribution in [0.4, 0.5) is 29.9 Å². The molecule has 0 aliphatic carbocycles. The van der Waals surface area contributed by atoms with Gasteiger partial charge in [0.05, 0.1) is 45.3 Å². The van der Waals surface area contributed by atoms with Crippen LogP contribution in [-0.2, 0) is 10.0 Å². The maximum absolute atomic E-state index is 12.6. The zero-order valence-electron chi connectivity index (χ0n) is 21.7. The van der Waals surface area contributed by atoms with Gasteiger partial charge in [-0.1, -0.05) is 35.1 Å². The summed E-state index contributed by atoms with van der Waals surface area (Å²) in [6, 6.07) is 6.30. The van der Waals surface area contributed by atoms with Gasteiger partial charge in [0.25, 0.3) is 0 Å². The van der Waals surface area contributed by atoms with E-state index in [-0.39, 0.29) is 17.3 Å². The van der Waals surface area contributed by atoms with Crippen molar-refractivity contribution in [3.05, 3.63) is 35.5 Å². The minimum absolute atomic E-state index is 0.00364. The number of nitrogens with one attached hydrogen (secondary N) is 2. The first-order valence-corrected chi connectivity index (χ1v) is 15.2. The van der Waals surface area contributed by atoms with E-state index in [2.05, 4.69) is 29.8 Å². The van der Waals surface area contributed by atoms with Gasteiger partial charge in [-0.15, -0.1) is 0 Å². The first-order valence-electron chi connectivity index (χ1n) is 12.4. The van der Waals surface area contributed by atoms with Crippen molar-refractivity contribution in [2.45, 2.75) is 25.6 Å². The van der Waals surface area contributed by atoms with Crippen molar-refractivity contribution in [2.24, 2.45) is 0 Å². The summed E-state index contributed by atoms with van der Waals surface area (Å²) in [5.74, 6) is -0.827. The van der Waals surface area contributed by atoms with Crippen LogP contribution in [0.2, 0.25) is 5.02 Å². The predicted molar refractivity (Wildman–Crippen MR) is 152 cm³/mol. The number of likely N-dealkylation sites (N-methyl/N-ethyl adjacent to an activating group) is 1. The number of anilines is 3. The molecule has 0 saturated carbocycles. The van der Waals surface area contributed by atoms with Crippen LogP contribution in [0.15, 0.2) is 30.5 Å². The summed E-state index contributed by atoms with van der Waals surface area (Å²) in [6.07, 6.45) is -5.14. The molecule has 2 aromatic heterocycles. The first-order chi connectivity index (χ1) is 18.8. The largest absolute Gasteiger partial charge is 0.392 e. The Hall–Kier alpha value is -2.72. The zero-order valence-corrected chi connectivity index (χ0v) is 24.1. The molecule has 40 heavy (non-hydrogen) atoms. The van der Waals surface area contributed by atoms with Crippen LogP contribution >= 0.6 is 22.9 Å². The Kier molecular flexibility index (Phi) is 9.40. The van der Waals surface area contributed by atoms with Crippen molar-refractivity contribution < 1.29 is 26.7 Å². The van der Waals surface area contributed by atoms with Crippen LogP contribution in [0, 0.1) is 0 Å². The van der Waals surface area contributed by atoms with E-state index in [0.717, 1.165) is 31.3 Å². The molecule has 218 valence electrons. The molecule has 1 atom stereocenters. The summed E-state index contributed by atoms with van der Waals surface area (Å²) in [5, 5.41) is 13.3. The van der Waals surface area contributed by atoms with Gasteiger partial charge in [0, 0.05) is 44.5 Å². The number of alkyl halides is 3. The molecule has 10 nitrogen and oxygen atoms in total. The molecule has 0 amide bonds. The van der Waals surface area contributed by atoms with Gasteiger partial charge in [-0.25, -0.2) is 23.4 Å². The molecule has 0 unspecified atom stereocenters. The fraction of sp³-hybridized carbons (Fsp3) is 0.458. The highest BCUT2D eigenvalue weighted by Gasteiger charge is 2.30. The molecule has 1 fully saturated rings. The number of nitrogens with zero attached hydrogens (tertiary/aromatic N) is 5. The van der Waals surface area contributed by atoms with Gasteiger partial charge in [-0.3, -0.25) is 4.72 Å². The fourth-order valence-corrected chi connectivity index (χ4v) is 6.40. The molecule has 3 heterocycles. The average molecular weight is 620 g/mol. The van der Waals surface area contributed by atoms with E-state index in [1.54, 1.807) is 31.3 Å². The van der Waals surface area contributed by atoms with Gasteiger partial charge < -0.3 is 20.2 Å². The highest BCUT2D eigenvalue weighted by molar-refractivity contribution is 7.92. The second-order valence-electron chi connectivity index (χ2n) is 9.41. The summed E-state index contributed by atoms with van der Waals surface area (Å²) < 4.78 is 64.8. The van der Waals surface area contributed by atoms with Crippen molar-refractivity contribution in [1.29, 1.82) is 0 Å². The molecule has 1 aliphatic heterocycles. The number of thiazole rings is 1. The lowest BCUT2D eigenvalue weighted by Crippen LogP contribution is -2.44. The van der Waals surface area contributed by atoms with Crippen molar-refractivity contribution in [1.82, 2.24) is 19.9 Å². The van der Waals surface area contributed by atoms with E-state index in [0.29, 0.717) is 27.8 Å². The second-order valence-corrected chi connectivity index (χ2v) is 12.6.